The van der Waals surface area contributed by atoms with E-state index in [1.54, 1.807) is 0 Å². The Hall–Kier alpha value is -6.76. The summed E-state index contributed by atoms with van der Waals surface area (Å²) in [4.78, 5) is 0. The molecule has 0 saturated carbocycles. The first-order chi connectivity index (χ1) is 26.7. The van der Waals surface area contributed by atoms with Gasteiger partial charge in [0.25, 0.3) is 0 Å². The molecule has 0 heterocycles. The summed E-state index contributed by atoms with van der Waals surface area (Å²) in [6.45, 7) is 0. The predicted octanol–water partition coefficient (Wildman–Crippen LogP) is 14.3. The third kappa shape index (κ3) is 3.82. The second kappa shape index (κ2) is 10.4. The molecule has 0 radical (unpaired) electrons. The highest BCUT2D eigenvalue weighted by Crippen LogP contribution is 2.54. The van der Waals surface area contributed by atoms with E-state index in [2.05, 4.69) is 182 Å². The van der Waals surface area contributed by atoms with Crippen molar-refractivity contribution in [3.63, 3.8) is 0 Å². The summed E-state index contributed by atoms with van der Waals surface area (Å²) in [5.41, 5.74) is 13.3. The van der Waals surface area contributed by atoms with Gasteiger partial charge in [0, 0.05) is 11.8 Å². The fourth-order valence-corrected chi connectivity index (χ4v) is 10.6. The molecule has 9 aromatic carbocycles. The molecule has 248 valence electrons. The molecule has 0 aromatic heterocycles. The van der Waals surface area contributed by atoms with Gasteiger partial charge in [-0.1, -0.05) is 152 Å². The third-order valence-corrected chi connectivity index (χ3v) is 12.9. The summed E-state index contributed by atoms with van der Waals surface area (Å²) < 4.78 is 0. The van der Waals surface area contributed by atoms with Gasteiger partial charge >= 0.3 is 0 Å². The number of hydrogen-bond acceptors (Lipinski definition) is 0. The van der Waals surface area contributed by atoms with Crippen LogP contribution in [0.15, 0.2) is 204 Å². The standard InChI is InChI=1S/C54H32/c1-7-31-19-22-34-10-4-16-43-46(28-37(13-1)49(31)52(34)43)40-25-41(47-29-38-14-2-8-32-20-23-35-11-5-17-44(47)53(35)50(32)38)27-42(26-40)48-30-39-15-3-9-33-21-24-36-12-6-18-45(48)54(36)51(33)39/h1-30,49,52H. The molecule has 0 bridgehead atoms. The molecule has 0 nitrogen and oxygen atoms in total. The molecule has 0 saturated heterocycles. The monoisotopic (exact) mass is 680 g/mol. The molecule has 4 aliphatic carbocycles. The highest BCUT2D eigenvalue weighted by atomic mass is 14.4. The lowest BCUT2D eigenvalue weighted by Gasteiger charge is -2.41. The minimum atomic E-state index is 0.317. The van der Waals surface area contributed by atoms with Gasteiger partial charge in [0.15, 0.2) is 0 Å². The van der Waals surface area contributed by atoms with Crippen LogP contribution in [0.2, 0.25) is 0 Å². The Morgan fingerprint density at radius 3 is 1.43 bits per heavy atom. The lowest BCUT2D eigenvalue weighted by atomic mass is 9.62. The fourth-order valence-electron chi connectivity index (χ4n) is 10.6. The molecule has 0 spiro atoms. The average Bonchev–Trinajstić information content (AvgIpc) is 3.23. The summed E-state index contributed by atoms with van der Waals surface area (Å²) in [5, 5.41) is 15.8. The molecular weight excluding hydrogens is 649 g/mol. The molecule has 0 aliphatic heterocycles. The number of rotatable bonds is 3. The zero-order valence-corrected chi connectivity index (χ0v) is 29.5. The zero-order valence-electron chi connectivity index (χ0n) is 29.5. The molecule has 2 unspecified atom stereocenters. The van der Waals surface area contributed by atoms with Gasteiger partial charge in [-0.25, -0.2) is 0 Å². The molecule has 0 fully saturated rings. The van der Waals surface area contributed by atoms with E-state index in [0.717, 1.165) is 0 Å². The van der Waals surface area contributed by atoms with Crippen molar-refractivity contribution in [2.45, 2.75) is 0 Å². The second-order valence-corrected chi connectivity index (χ2v) is 15.6. The van der Waals surface area contributed by atoms with Gasteiger partial charge in [0.2, 0.25) is 0 Å². The molecule has 4 aliphatic rings. The van der Waals surface area contributed by atoms with Crippen molar-refractivity contribution in [2.75, 3.05) is 0 Å². The van der Waals surface area contributed by atoms with Crippen molar-refractivity contribution >= 4 is 70.2 Å². The van der Waals surface area contributed by atoms with Crippen LogP contribution in [0.25, 0.3) is 92.5 Å². The molecule has 0 N–H and O–H groups in total. The van der Waals surface area contributed by atoms with Gasteiger partial charge in [0.05, 0.1) is 0 Å². The average molecular weight is 681 g/mol. The van der Waals surface area contributed by atoms with Gasteiger partial charge in [-0.15, -0.1) is 0 Å². The molecule has 0 heteroatoms. The quantitative estimate of drug-likeness (QED) is 0.163. The normalized spacial score (nSPS) is 18.8. The van der Waals surface area contributed by atoms with E-state index in [-0.39, 0.29) is 0 Å². The van der Waals surface area contributed by atoms with Gasteiger partial charge in [0.1, 0.15) is 0 Å². The first kappa shape index (κ1) is 28.8. The van der Waals surface area contributed by atoms with E-state index in [1.165, 1.54) is 120 Å². The Balaban J connectivity index is 1.14. The molecule has 54 heavy (non-hydrogen) atoms. The van der Waals surface area contributed by atoms with Crippen LogP contribution < -0.4 is 0 Å². The van der Waals surface area contributed by atoms with Crippen molar-refractivity contribution in [1.82, 2.24) is 0 Å². The van der Waals surface area contributed by atoms with Crippen LogP contribution in [-0.2, 0) is 0 Å². The number of hydrogen-bond donors (Lipinski definition) is 0. The lowest BCUT2D eigenvalue weighted by molar-refractivity contribution is 0.568. The van der Waals surface area contributed by atoms with E-state index >= 15 is 0 Å². The largest absolute Gasteiger partial charge is 0.0617 e. The fraction of sp³-hybridized carbons (Fsp3) is 0.0370. The Bertz CT molecular complexity index is 3200. The number of allylic oxidation sites excluding steroid dienone is 14. The van der Waals surface area contributed by atoms with E-state index < -0.39 is 0 Å². The summed E-state index contributed by atoms with van der Waals surface area (Å²) in [5.74, 6) is 0.682. The maximum Gasteiger partial charge on any atom is 0.0205 e. The van der Waals surface area contributed by atoms with Crippen molar-refractivity contribution in [2.24, 2.45) is 11.8 Å². The Kier molecular flexibility index (Phi) is 5.56. The topological polar surface area (TPSA) is 0 Å². The Labute approximate surface area is 313 Å². The second-order valence-electron chi connectivity index (χ2n) is 15.6. The van der Waals surface area contributed by atoms with Crippen molar-refractivity contribution in [3.8, 4) is 22.3 Å². The van der Waals surface area contributed by atoms with Crippen LogP contribution in [-0.4, -0.2) is 0 Å². The van der Waals surface area contributed by atoms with E-state index in [4.69, 9.17) is 0 Å². The summed E-state index contributed by atoms with van der Waals surface area (Å²) in [6.07, 6.45) is 21.0. The van der Waals surface area contributed by atoms with Gasteiger partial charge < -0.3 is 0 Å². The molecule has 9 aromatic rings. The Morgan fingerprint density at radius 2 is 0.833 bits per heavy atom. The third-order valence-electron chi connectivity index (χ3n) is 12.9. The van der Waals surface area contributed by atoms with E-state index in [9.17, 15) is 0 Å². The molecule has 2 atom stereocenters. The van der Waals surface area contributed by atoms with Crippen LogP contribution in [0.3, 0.4) is 0 Å². The van der Waals surface area contributed by atoms with Gasteiger partial charge in [-0.05, 0) is 151 Å². The first-order valence-corrected chi connectivity index (χ1v) is 19.1. The van der Waals surface area contributed by atoms with E-state index in [0.29, 0.717) is 11.8 Å². The first-order valence-electron chi connectivity index (χ1n) is 19.1. The SMILES string of the molecule is C1=CC2=CC=C3C=CC=C4C(c5cc(-c6cc7cccc8ccc9cccc6c9c87)cc(-c6cc7cccc8ccc9cccc6c9c87)c5)=CC(=C1)C2C34. The summed E-state index contributed by atoms with van der Waals surface area (Å²) in [7, 11) is 0. The highest BCUT2D eigenvalue weighted by Gasteiger charge is 2.40. The van der Waals surface area contributed by atoms with Gasteiger partial charge in [-0.3, -0.25) is 0 Å². The van der Waals surface area contributed by atoms with Gasteiger partial charge in [-0.2, -0.15) is 0 Å². The predicted molar refractivity (Wildman–Crippen MR) is 230 cm³/mol. The van der Waals surface area contributed by atoms with Crippen LogP contribution >= 0.6 is 0 Å². The van der Waals surface area contributed by atoms with Crippen LogP contribution in [0.5, 0.6) is 0 Å². The molecular formula is C54H32. The minimum absolute atomic E-state index is 0.317. The molecule has 0 amide bonds. The highest BCUT2D eigenvalue weighted by molar-refractivity contribution is 6.28. The number of benzene rings is 9. The maximum atomic E-state index is 2.49. The molecule has 13 rings (SSSR count). The smallest absolute Gasteiger partial charge is 0.0205 e. The van der Waals surface area contributed by atoms with Crippen LogP contribution in [0.4, 0.5) is 0 Å². The van der Waals surface area contributed by atoms with E-state index in [1.807, 2.05) is 0 Å². The summed E-state index contributed by atoms with van der Waals surface area (Å²) >= 11 is 0. The van der Waals surface area contributed by atoms with Crippen LogP contribution in [0.1, 0.15) is 5.56 Å². The van der Waals surface area contributed by atoms with Crippen LogP contribution in [0, 0.1) is 11.8 Å². The maximum absolute atomic E-state index is 2.49. The van der Waals surface area contributed by atoms with Crippen molar-refractivity contribution in [3.05, 3.63) is 210 Å². The minimum Gasteiger partial charge on any atom is -0.0617 e. The lowest BCUT2D eigenvalue weighted by Crippen LogP contribution is -2.29. The summed E-state index contributed by atoms with van der Waals surface area (Å²) in [6, 6.07) is 48.6. The zero-order chi connectivity index (χ0) is 35.1. The van der Waals surface area contributed by atoms with Crippen molar-refractivity contribution < 1.29 is 0 Å². The Morgan fingerprint density at radius 1 is 0.352 bits per heavy atom. The van der Waals surface area contributed by atoms with Crippen molar-refractivity contribution in [1.29, 1.82) is 0 Å².